The maximum atomic E-state index is 12.5. The van der Waals surface area contributed by atoms with Gasteiger partial charge in [0, 0.05) is 6.61 Å². The van der Waals surface area contributed by atoms with Crippen LogP contribution in [0.1, 0.15) is 25.7 Å². The predicted octanol–water partition coefficient (Wildman–Crippen LogP) is 1.28. The van der Waals surface area contributed by atoms with E-state index in [4.69, 9.17) is 9.84 Å². The van der Waals surface area contributed by atoms with E-state index in [2.05, 4.69) is 0 Å². The van der Waals surface area contributed by atoms with Gasteiger partial charge in [-0.25, -0.2) is 4.39 Å². The lowest BCUT2D eigenvalue weighted by molar-refractivity contribution is -0.0322. The van der Waals surface area contributed by atoms with E-state index in [1.807, 2.05) is 0 Å². The van der Waals surface area contributed by atoms with E-state index < -0.39 is 6.17 Å². The van der Waals surface area contributed by atoms with Gasteiger partial charge in [0.2, 0.25) is 0 Å². The molecule has 0 aromatic rings. The molecule has 1 saturated heterocycles. The van der Waals surface area contributed by atoms with Crippen molar-refractivity contribution in [3.63, 3.8) is 0 Å². The summed E-state index contributed by atoms with van der Waals surface area (Å²) in [6.45, 7) is 0.453. The normalized spacial score (nSPS) is 32.2. The number of aliphatic hydroxyl groups excluding tert-OH is 1. The summed E-state index contributed by atoms with van der Waals surface area (Å²) in [5.74, 6) is 0. The molecule has 0 aliphatic carbocycles. The molecule has 0 amide bonds. The van der Waals surface area contributed by atoms with Gasteiger partial charge in [-0.15, -0.1) is 0 Å². The van der Waals surface area contributed by atoms with Crippen molar-refractivity contribution in [3.8, 4) is 0 Å². The van der Waals surface area contributed by atoms with E-state index in [1.165, 1.54) is 0 Å². The number of aliphatic hydroxyl groups is 1. The third-order valence-electron chi connectivity index (χ3n) is 2.00. The highest BCUT2D eigenvalue weighted by atomic mass is 19.1. The zero-order chi connectivity index (χ0) is 8.10. The van der Waals surface area contributed by atoms with Gasteiger partial charge in [0.15, 0.2) is 0 Å². The first kappa shape index (κ1) is 8.94. The molecule has 1 rings (SSSR count). The largest absolute Gasteiger partial charge is 0.396 e. The number of halogens is 1. The van der Waals surface area contributed by atoms with Crippen LogP contribution < -0.4 is 0 Å². The van der Waals surface area contributed by atoms with E-state index in [9.17, 15) is 4.39 Å². The molecule has 0 radical (unpaired) electrons. The van der Waals surface area contributed by atoms with Crippen molar-refractivity contribution in [2.24, 2.45) is 0 Å². The maximum absolute atomic E-state index is 12.5. The molecule has 1 aliphatic heterocycles. The van der Waals surface area contributed by atoms with Crippen LogP contribution in [0, 0.1) is 0 Å². The average Bonchev–Trinajstić information content (AvgIpc) is 2.04. The molecule has 0 saturated carbocycles. The minimum atomic E-state index is -0.764. The Morgan fingerprint density at radius 2 is 2.27 bits per heavy atom. The number of hydrogen-bond acceptors (Lipinski definition) is 2. The fourth-order valence-corrected chi connectivity index (χ4v) is 1.32. The summed E-state index contributed by atoms with van der Waals surface area (Å²) in [6.07, 6.45) is 2.48. The second kappa shape index (κ2) is 4.67. The minimum absolute atomic E-state index is 0.189. The first-order chi connectivity index (χ1) is 5.33. The van der Waals surface area contributed by atoms with Gasteiger partial charge in [-0.3, -0.25) is 0 Å². The lowest BCUT2D eigenvalue weighted by Gasteiger charge is -2.24. The highest BCUT2D eigenvalue weighted by Crippen LogP contribution is 2.18. The molecular formula is C8H15FO2. The van der Waals surface area contributed by atoms with E-state index >= 15 is 0 Å². The third kappa shape index (κ3) is 3.16. The molecule has 66 valence electrons. The van der Waals surface area contributed by atoms with Gasteiger partial charge in [-0.1, -0.05) is 0 Å². The molecule has 2 nitrogen and oxygen atoms in total. The highest BCUT2D eigenvalue weighted by molar-refractivity contribution is 4.69. The molecular weight excluding hydrogens is 147 g/mol. The third-order valence-corrected chi connectivity index (χ3v) is 2.00. The second-order valence-corrected chi connectivity index (χ2v) is 3.00. The average molecular weight is 162 g/mol. The Morgan fingerprint density at radius 3 is 2.82 bits per heavy atom. The molecule has 3 heteroatoms. The van der Waals surface area contributed by atoms with Crippen molar-refractivity contribution in [3.05, 3.63) is 0 Å². The van der Waals surface area contributed by atoms with E-state index in [0.717, 1.165) is 19.3 Å². The van der Waals surface area contributed by atoms with Gasteiger partial charge in [-0.05, 0) is 25.7 Å². The van der Waals surface area contributed by atoms with Crippen LogP contribution in [-0.2, 0) is 4.74 Å². The van der Waals surface area contributed by atoms with Crippen LogP contribution in [0.4, 0.5) is 4.39 Å². The first-order valence-electron chi connectivity index (χ1n) is 4.19. The summed E-state index contributed by atoms with van der Waals surface area (Å²) >= 11 is 0. The zero-order valence-electron chi connectivity index (χ0n) is 6.63. The van der Waals surface area contributed by atoms with Crippen molar-refractivity contribution in [2.45, 2.75) is 38.0 Å². The van der Waals surface area contributed by atoms with E-state index in [1.54, 1.807) is 0 Å². The van der Waals surface area contributed by atoms with Gasteiger partial charge in [0.25, 0.3) is 0 Å². The molecule has 0 aromatic carbocycles. The van der Waals surface area contributed by atoms with Gasteiger partial charge in [0.1, 0.15) is 6.17 Å². The predicted molar refractivity (Wildman–Crippen MR) is 40.2 cm³/mol. The maximum Gasteiger partial charge on any atom is 0.123 e. The van der Waals surface area contributed by atoms with Crippen molar-refractivity contribution >= 4 is 0 Å². The number of ether oxygens (including phenoxy) is 1. The lowest BCUT2D eigenvalue weighted by atomic mass is 10.0. The smallest absolute Gasteiger partial charge is 0.123 e. The Balaban J connectivity index is 2.07. The van der Waals surface area contributed by atoms with Crippen LogP contribution in [0.3, 0.4) is 0 Å². The molecule has 1 N–H and O–H groups in total. The summed E-state index contributed by atoms with van der Waals surface area (Å²) in [5.41, 5.74) is 0. The Bertz CT molecular complexity index is 97.5. The van der Waals surface area contributed by atoms with Crippen molar-refractivity contribution in [2.75, 3.05) is 13.2 Å². The number of alkyl halides is 1. The lowest BCUT2D eigenvalue weighted by Crippen LogP contribution is -2.26. The summed E-state index contributed by atoms with van der Waals surface area (Å²) in [7, 11) is 0. The standard InChI is InChI=1S/C8H15FO2/c9-7-3-4-8(11-6-7)2-1-5-10/h7-8,10H,1-6H2/t7-,8-/m0/s1. The summed E-state index contributed by atoms with van der Waals surface area (Å²) < 4.78 is 17.7. The van der Waals surface area contributed by atoms with Crippen LogP contribution in [0.25, 0.3) is 0 Å². The topological polar surface area (TPSA) is 29.5 Å². The van der Waals surface area contributed by atoms with E-state index in [0.29, 0.717) is 6.42 Å². The molecule has 0 unspecified atom stereocenters. The number of hydrogen-bond donors (Lipinski definition) is 1. The monoisotopic (exact) mass is 162 g/mol. The van der Waals surface area contributed by atoms with Gasteiger partial charge in [-0.2, -0.15) is 0 Å². The Kier molecular flexibility index (Phi) is 3.80. The Labute approximate surface area is 66.4 Å². The van der Waals surface area contributed by atoms with Crippen LogP contribution >= 0.6 is 0 Å². The summed E-state index contributed by atoms with van der Waals surface area (Å²) in [4.78, 5) is 0. The molecule has 1 fully saturated rings. The molecule has 0 spiro atoms. The molecule has 11 heavy (non-hydrogen) atoms. The molecule has 1 aliphatic rings. The van der Waals surface area contributed by atoms with Crippen molar-refractivity contribution in [1.29, 1.82) is 0 Å². The van der Waals surface area contributed by atoms with Crippen LogP contribution in [0.2, 0.25) is 0 Å². The van der Waals surface area contributed by atoms with Crippen molar-refractivity contribution in [1.82, 2.24) is 0 Å². The van der Waals surface area contributed by atoms with Crippen LogP contribution in [0.15, 0.2) is 0 Å². The first-order valence-corrected chi connectivity index (χ1v) is 4.19. The van der Waals surface area contributed by atoms with Crippen molar-refractivity contribution < 1.29 is 14.2 Å². The zero-order valence-corrected chi connectivity index (χ0v) is 6.63. The summed E-state index contributed by atoms with van der Waals surface area (Å²) in [5, 5.41) is 8.52. The quantitative estimate of drug-likeness (QED) is 0.677. The van der Waals surface area contributed by atoms with Gasteiger partial charge >= 0.3 is 0 Å². The number of rotatable bonds is 3. The summed E-state index contributed by atoms with van der Waals surface area (Å²) in [6, 6.07) is 0. The van der Waals surface area contributed by atoms with Gasteiger partial charge < -0.3 is 9.84 Å². The highest BCUT2D eigenvalue weighted by Gasteiger charge is 2.20. The van der Waals surface area contributed by atoms with E-state index in [-0.39, 0.29) is 19.3 Å². The minimum Gasteiger partial charge on any atom is -0.396 e. The fourth-order valence-electron chi connectivity index (χ4n) is 1.32. The van der Waals surface area contributed by atoms with Gasteiger partial charge in [0.05, 0.1) is 12.7 Å². The molecule has 1 heterocycles. The second-order valence-electron chi connectivity index (χ2n) is 3.00. The Hall–Kier alpha value is -0.150. The molecule has 2 atom stereocenters. The molecule has 0 bridgehead atoms. The molecule has 0 aromatic heterocycles. The van der Waals surface area contributed by atoms with Crippen LogP contribution in [0.5, 0.6) is 0 Å². The fraction of sp³-hybridized carbons (Fsp3) is 1.00. The van der Waals surface area contributed by atoms with Crippen LogP contribution in [-0.4, -0.2) is 30.6 Å². The Morgan fingerprint density at radius 1 is 1.45 bits per heavy atom. The SMILES string of the molecule is OCCC[C@H]1CC[C@H](F)CO1.